The summed E-state index contributed by atoms with van der Waals surface area (Å²) >= 11 is 3.57. The molecule has 4 rings (SSSR count). The molecule has 0 saturated heterocycles. The van der Waals surface area contributed by atoms with E-state index in [0.717, 1.165) is 41.3 Å². The maximum Gasteiger partial charge on any atom is 0.261 e. The van der Waals surface area contributed by atoms with Gasteiger partial charge in [0, 0.05) is 24.6 Å². The standard InChI is InChI=1S/C33H38BrFN2O3/c1-33(2,3)25-17-18-30(27(34)20-25)40-22-31(38)37(21-24-13-7-10-16-28(24)35)29(19-23-11-5-4-6-12-23)32(39)36-26-14-8-9-15-26/h4-7,10-13,16-18,20,26,29H,8-9,14-15,19,21-22H2,1-3H3,(H,36,39)/t29-/m1/s1. The van der Waals surface area contributed by atoms with Gasteiger partial charge in [-0.1, -0.05) is 88.2 Å². The molecule has 40 heavy (non-hydrogen) atoms. The lowest BCUT2D eigenvalue weighted by Gasteiger charge is -2.32. The Morgan fingerprint density at radius 1 is 1.02 bits per heavy atom. The summed E-state index contributed by atoms with van der Waals surface area (Å²) in [6, 6.07) is 21.0. The van der Waals surface area contributed by atoms with E-state index in [0.29, 0.717) is 17.7 Å². The molecule has 0 heterocycles. The Labute approximate surface area is 245 Å². The van der Waals surface area contributed by atoms with Crippen LogP contribution in [0.25, 0.3) is 0 Å². The van der Waals surface area contributed by atoms with Crippen LogP contribution in [0.3, 0.4) is 0 Å². The van der Waals surface area contributed by atoms with Gasteiger partial charge in [0.15, 0.2) is 6.61 Å². The summed E-state index contributed by atoms with van der Waals surface area (Å²) in [5.41, 5.74) is 2.36. The number of carbonyl (C=O) groups excluding carboxylic acids is 2. The Morgan fingerprint density at radius 2 is 1.70 bits per heavy atom. The molecule has 0 radical (unpaired) electrons. The minimum atomic E-state index is -0.828. The van der Waals surface area contributed by atoms with Gasteiger partial charge in [-0.2, -0.15) is 0 Å². The molecule has 7 heteroatoms. The maximum atomic E-state index is 14.8. The molecule has 0 unspecified atom stereocenters. The van der Waals surface area contributed by atoms with Crippen LogP contribution in [0.5, 0.6) is 5.75 Å². The second-order valence-corrected chi connectivity index (χ2v) is 12.3. The number of ether oxygens (including phenoxy) is 1. The minimum absolute atomic E-state index is 0.0369. The monoisotopic (exact) mass is 608 g/mol. The van der Waals surface area contributed by atoms with Crippen molar-refractivity contribution in [2.45, 2.75) is 76.9 Å². The summed E-state index contributed by atoms with van der Waals surface area (Å²) in [6.07, 6.45) is 4.30. The van der Waals surface area contributed by atoms with Crippen LogP contribution in [0.1, 0.15) is 63.1 Å². The second-order valence-electron chi connectivity index (χ2n) is 11.5. The summed E-state index contributed by atoms with van der Waals surface area (Å²) in [4.78, 5) is 29.0. The van der Waals surface area contributed by atoms with E-state index >= 15 is 0 Å². The van der Waals surface area contributed by atoms with Crippen LogP contribution in [-0.2, 0) is 28.0 Å². The second kappa shape index (κ2) is 13.4. The van der Waals surface area contributed by atoms with Gasteiger partial charge in [0.25, 0.3) is 5.91 Å². The molecule has 1 aliphatic rings. The highest BCUT2D eigenvalue weighted by Gasteiger charge is 2.33. The van der Waals surface area contributed by atoms with Crippen LogP contribution in [0.4, 0.5) is 4.39 Å². The third kappa shape index (κ3) is 7.94. The molecule has 0 bridgehead atoms. The Bertz CT molecular complexity index is 1300. The van der Waals surface area contributed by atoms with Crippen LogP contribution in [-0.4, -0.2) is 35.4 Å². The van der Waals surface area contributed by atoms with Crippen LogP contribution >= 0.6 is 15.9 Å². The summed E-state index contributed by atoms with van der Waals surface area (Å²) in [7, 11) is 0. The van der Waals surface area contributed by atoms with Gasteiger partial charge >= 0.3 is 0 Å². The van der Waals surface area contributed by atoms with Crippen molar-refractivity contribution in [2.24, 2.45) is 0 Å². The van der Waals surface area contributed by atoms with Crippen molar-refractivity contribution >= 4 is 27.7 Å². The predicted octanol–water partition coefficient (Wildman–Crippen LogP) is 6.96. The first-order chi connectivity index (χ1) is 19.1. The lowest BCUT2D eigenvalue weighted by Crippen LogP contribution is -2.53. The van der Waals surface area contributed by atoms with Crippen LogP contribution in [0, 0.1) is 5.82 Å². The molecule has 0 aliphatic heterocycles. The molecule has 0 aromatic heterocycles. The third-order valence-electron chi connectivity index (χ3n) is 7.42. The Morgan fingerprint density at radius 3 is 2.35 bits per heavy atom. The lowest BCUT2D eigenvalue weighted by atomic mass is 9.87. The molecule has 212 valence electrons. The average Bonchev–Trinajstić information content (AvgIpc) is 3.43. The minimum Gasteiger partial charge on any atom is -0.483 e. The zero-order valence-corrected chi connectivity index (χ0v) is 25.0. The average molecular weight is 610 g/mol. The molecular weight excluding hydrogens is 571 g/mol. The van der Waals surface area contributed by atoms with Crippen LogP contribution < -0.4 is 10.1 Å². The molecule has 0 spiro atoms. The van der Waals surface area contributed by atoms with Crippen molar-refractivity contribution in [3.63, 3.8) is 0 Å². The molecule has 3 aromatic rings. The quantitative estimate of drug-likeness (QED) is 0.270. The topological polar surface area (TPSA) is 58.6 Å². The first-order valence-electron chi connectivity index (χ1n) is 13.9. The summed E-state index contributed by atoms with van der Waals surface area (Å²) < 4.78 is 21.5. The highest BCUT2D eigenvalue weighted by atomic mass is 79.9. The van der Waals surface area contributed by atoms with Crippen LogP contribution in [0.2, 0.25) is 0 Å². The van der Waals surface area contributed by atoms with Crippen molar-refractivity contribution in [1.82, 2.24) is 10.2 Å². The molecule has 1 fully saturated rings. The van der Waals surface area contributed by atoms with Crippen LogP contribution in [0.15, 0.2) is 77.3 Å². The van der Waals surface area contributed by atoms with Crippen molar-refractivity contribution < 1.29 is 18.7 Å². The van der Waals surface area contributed by atoms with Crippen molar-refractivity contribution in [2.75, 3.05) is 6.61 Å². The van der Waals surface area contributed by atoms with Gasteiger partial charge in [-0.15, -0.1) is 0 Å². The normalized spacial score (nSPS) is 14.5. The lowest BCUT2D eigenvalue weighted by molar-refractivity contribution is -0.143. The highest BCUT2D eigenvalue weighted by Crippen LogP contribution is 2.31. The SMILES string of the molecule is CC(C)(C)c1ccc(OCC(=O)N(Cc2ccccc2F)[C@H](Cc2ccccc2)C(=O)NC2CCCC2)c(Br)c1. The first-order valence-corrected chi connectivity index (χ1v) is 14.7. The van der Waals surface area contributed by atoms with E-state index in [4.69, 9.17) is 4.74 Å². The van der Waals surface area contributed by atoms with E-state index in [-0.39, 0.29) is 30.5 Å². The van der Waals surface area contributed by atoms with E-state index < -0.39 is 17.8 Å². The first kappa shape index (κ1) is 29.8. The van der Waals surface area contributed by atoms with E-state index in [1.54, 1.807) is 18.2 Å². The Hall–Kier alpha value is -3.19. The largest absolute Gasteiger partial charge is 0.483 e. The number of rotatable bonds is 10. The number of nitrogens with one attached hydrogen (secondary N) is 1. The van der Waals surface area contributed by atoms with Gasteiger partial charge in [-0.05, 0) is 63.5 Å². The van der Waals surface area contributed by atoms with E-state index in [1.807, 2.05) is 48.5 Å². The number of benzene rings is 3. The smallest absolute Gasteiger partial charge is 0.261 e. The number of halogens is 2. The molecule has 2 amide bonds. The highest BCUT2D eigenvalue weighted by molar-refractivity contribution is 9.10. The fraction of sp³-hybridized carbons (Fsp3) is 0.394. The molecule has 1 saturated carbocycles. The van der Waals surface area contributed by atoms with Gasteiger partial charge in [0.2, 0.25) is 5.91 Å². The Balaban J connectivity index is 1.62. The maximum absolute atomic E-state index is 14.8. The zero-order chi connectivity index (χ0) is 28.7. The fourth-order valence-electron chi connectivity index (χ4n) is 5.04. The zero-order valence-electron chi connectivity index (χ0n) is 23.5. The number of carbonyl (C=O) groups is 2. The van der Waals surface area contributed by atoms with E-state index in [2.05, 4.69) is 42.0 Å². The Kier molecular flexibility index (Phi) is 10.0. The fourth-order valence-corrected chi connectivity index (χ4v) is 5.53. The van der Waals surface area contributed by atoms with Gasteiger partial charge in [0.1, 0.15) is 17.6 Å². The van der Waals surface area contributed by atoms with E-state index in [9.17, 15) is 14.0 Å². The molecular formula is C33H38BrFN2O3. The van der Waals surface area contributed by atoms with Crippen molar-refractivity contribution in [3.05, 3.63) is 99.8 Å². The number of amides is 2. The summed E-state index contributed by atoms with van der Waals surface area (Å²) in [5.74, 6) is -0.507. The molecule has 1 aliphatic carbocycles. The molecule has 3 aromatic carbocycles. The number of hydrogen-bond donors (Lipinski definition) is 1. The van der Waals surface area contributed by atoms with Gasteiger partial charge in [-0.3, -0.25) is 9.59 Å². The molecule has 1 N–H and O–H groups in total. The summed E-state index contributed by atoms with van der Waals surface area (Å²) in [5, 5.41) is 3.16. The number of nitrogens with zero attached hydrogens (tertiary/aromatic N) is 1. The van der Waals surface area contributed by atoms with Gasteiger partial charge < -0.3 is 15.0 Å². The molecule has 5 nitrogen and oxygen atoms in total. The van der Waals surface area contributed by atoms with Crippen molar-refractivity contribution in [3.8, 4) is 5.75 Å². The predicted molar refractivity (Wildman–Crippen MR) is 160 cm³/mol. The van der Waals surface area contributed by atoms with Crippen molar-refractivity contribution in [1.29, 1.82) is 0 Å². The molecule has 1 atom stereocenters. The van der Waals surface area contributed by atoms with Gasteiger partial charge in [-0.25, -0.2) is 4.39 Å². The third-order valence-corrected chi connectivity index (χ3v) is 8.04. The number of hydrogen-bond acceptors (Lipinski definition) is 3. The van der Waals surface area contributed by atoms with Gasteiger partial charge in [0.05, 0.1) is 4.47 Å². The van der Waals surface area contributed by atoms with E-state index in [1.165, 1.54) is 11.0 Å². The summed E-state index contributed by atoms with van der Waals surface area (Å²) in [6.45, 7) is 6.05.